The number of rotatable bonds is 11. The third kappa shape index (κ3) is 8.64. The summed E-state index contributed by atoms with van der Waals surface area (Å²) in [7, 11) is 0. The monoisotopic (exact) mass is 620 g/mol. The summed E-state index contributed by atoms with van der Waals surface area (Å²) >= 11 is 1.34. The number of piperazine rings is 1. The third-order valence-corrected chi connectivity index (χ3v) is 8.75. The number of thioether (sulfide) groups is 1. The minimum absolute atomic E-state index is 0.0819. The highest BCUT2D eigenvalue weighted by molar-refractivity contribution is 8.00. The first-order chi connectivity index (χ1) is 20.5. The van der Waals surface area contributed by atoms with E-state index in [4.69, 9.17) is 5.73 Å². The van der Waals surface area contributed by atoms with E-state index >= 15 is 0 Å². The van der Waals surface area contributed by atoms with Gasteiger partial charge in [0.2, 0.25) is 11.8 Å². The minimum atomic E-state index is -1.29. The van der Waals surface area contributed by atoms with E-state index in [1.165, 1.54) is 16.7 Å². The molecule has 4 rings (SSSR count). The van der Waals surface area contributed by atoms with Crippen molar-refractivity contribution in [1.82, 2.24) is 20.4 Å². The number of hydrogen-bond donors (Lipinski definition) is 4. The molecular weight excluding hydrogens is 581 g/mol. The Morgan fingerprint density at radius 2 is 1.70 bits per heavy atom. The molecule has 2 aromatic rings. The Kier molecular flexibility index (Phi) is 11.3. The molecule has 2 saturated heterocycles. The first-order valence-corrected chi connectivity index (χ1v) is 15.5. The Labute approximate surface area is 254 Å². The van der Waals surface area contributed by atoms with Crippen LogP contribution in [0.1, 0.15) is 31.4 Å². The molecular formula is C30H39F3N6O3S. The molecule has 5 N–H and O–H groups in total. The van der Waals surface area contributed by atoms with Gasteiger partial charge in [-0.15, -0.1) is 11.8 Å². The molecule has 2 heterocycles. The van der Waals surface area contributed by atoms with Crippen LogP contribution in [0.2, 0.25) is 0 Å². The summed E-state index contributed by atoms with van der Waals surface area (Å²) in [6.45, 7) is 7.59. The number of amides is 3. The van der Waals surface area contributed by atoms with Gasteiger partial charge in [0.1, 0.15) is 11.9 Å². The Morgan fingerprint density at radius 3 is 2.37 bits per heavy atom. The number of carbonyl (C=O) groups is 3. The second kappa shape index (κ2) is 14.9. The van der Waals surface area contributed by atoms with Gasteiger partial charge in [0.15, 0.2) is 17.0 Å². The van der Waals surface area contributed by atoms with E-state index in [1.807, 2.05) is 43.0 Å². The number of nitrogens with zero attached hydrogens (tertiary/aromatic N) is 2. The van der Waals surface area contributed by atoms with E-state index in [0.717, 1.165) is 30.4 Å². The van der Waals surface area contributed by atoms with Crippen LogP contribution in [-0.2, 0) is 27.3 Å². The molecule has 0 bridgehead atoms. The molecule has 234 valence electrons. The van der Waals surface area contributed by atoms with Crippen molar-refractivity contribution < 1.29 is 27.6 Å². The predicted molar refractivity (Wildman–Crippen MR) is 161 cm³/mol. The van der Waals surface area contributed by atoms with Crippen LogP contribution in [0.25, 0.3) is 0 Å². The van der Waals surface area contributed by atoms with Crippen molar-refractivity contribution in [1.29, 1.82) is 0 Å². The van der Waals surface area contributed by atoms with Crippen molar-refractivity contribution in [3.05, 3.63) is 65.0 Å². The van der Waals surface area contributed by atoms with Crippen molar-refractivity contribution in [3.63, 3.8) is 0 Å². The van der Waals surface area contributed by atoms with Crippen molar-refractivity contribution >= 4 is 35.2 Å². The van der Waals surface area contributed by atoms with Crippen LogP contribution in [0, 0.1) is 23.4 Å². The van der Waals surface area contributed by atoms with Crippen LogP contribution < -0.4 is 21.7 Å². The van der Waals surface area contributed by atoms with E-state index in [2.05, 4.69) is 16.0 Å². The predicted octanol–water partition coefficient (Wildman–Crippen LogP) is 2.45. The molecule has 0 aromatic heterocycles. The van der Waals surface area contributed by atoms with E-state index in [-0.39, 0.29) is 54.6 Å². The van der Waals surface area contributed by atoms with Gasteiger partial charge in [-0.05, 0) is 41.7 Å². The van der Waals surface area contributed by atoms with Gasteiger partial charge in [0.25, 0.3) is 5.91 Å². The lowest BCUT2D eigenvalue weighted by Crippen LogP contribution is -2.52. The van der Waals surface area contributed by atoms with Crippen molar-refractivity contribution in [3.8, 4) is 0 Å². The number of nitrogens with two attached hydrogens (primary N) is 1. The number of carbonyl (C=O) groups excluding carboxylic acids is 3. The fourth-order valence-corrected chi connectivity index (χ4v) is 6.29. The number of anilines is 1. The highest BCUT2D eigenvalue weighted by Gasteiger charge is 2.35. The van der Waals surface area contributed by atoms with E-state index < -0.39 is 28.9 Å². The Bertz CT molecular complexity index is 1290. The molecule has 3 amide bonds. The quantitative estimate of drug-likeness (QED) is 0.285. The molecule has 0 radical (unpaired) electrons. The second-order valence-electron chi connectivity index (χ2n) is 11.2. The van der Waals surface area contributed by atoms with Gasteiger partial charge in [-0.2, -0.15) is 0 Å². The Morgan fingerprint density at radius 1 is 1.02 bits per heavy atom. The topological polar surface area (TPSA) is 120 Å². The highest BCUT2D eigenvalue weighted by Crippen LogP contribution is 2.26. The largest absolute Gasteiger partial charge is 0.373 e. The van der Waals surface area contributed by atoms with Crippen LogP contribution in [0.3, 0.4) is 0 Å². The molecule has 0 aliphatic carbocycles. The number of benzene rings is 2. The lowest BCUT2D eigenvalue weighted by atomic mass is 10.0. The van der Waals surface area contributed by atoms with Crippen molar-refractivity contribution in [2.75, 3.05) is 43.8 Å². The zero-order valence-electron chi connectivity index (χ0n) is 24.4. The van der Waals surface area contributed by atoms with Gasteiger partial charge in [0.05, 0.1) is 0 Å². The van der Waals surface area contributed by atoms with E-state index in [1.54, 1.807) is 0 Å². The summed E-state index contributed by atoms with van der Waals surface area (Å²) in [6, 6.07) is 7.51. The first kappa shape index (κ1) is 32.6. The standard InChI is InChI=1S/C30H39F3N6O3S/c1-18(2)27(29(42)38-9-7-35-8-10-38)37-22-5-3-19(4-6-22)17-36-28(41)30-39(11-12-43-30)26(40)15-21(34)13-20-14-24(32)25(33)16-23(20)31/h3-6,14,16,18,21,27,30,35,37H,7-13,15,17,34H2,1-2H3,(H,36,41)/t21-,27-,30+/m1/s1. The van der Waals surface area contributed by atoms with Crippen molar-refractivity contribution in [2.45, 2.75) is 50.7 Å². The smallest absolute Gasteiger partial charge is 0.253 e. The molecule has 9 nitrogen and oxygen atoms in total. The molecule has 2 aliphatic heterocycles. The molecule has 13 heteroatoms. The average Bonchev–Trinajstić information content (AvgIpc) is 3.48. The van der Waals surface area contributed by atoms with E-state index in [9.17, 15) is 27.6 Å². The number of hydrogen-bond acceptors (Lipinski definition) is 7. The van der Waals surface area contributed by atoms with Crippen LogP contribution >= 0.6 is 11.8 Å². The van der Waals surface area contributed by atoms with Gasteiger partial charge in [0, 0.05) is 69.2 Å². The van der Waals surface area contributed by atoms with Gasteiger partial charge < -0.3 is 31.5 Å². The SMILES string of the molecule is CC(C)[C@@H](Nc1ccc(CNC(=O)[C@@H]2SCCN2C(=O)C[C@H](N)Cc2cc(F)c(F)cc2F)cc1)C(=O)N1CCNCC1. The van der Waals surface area contributed by atoms with Gasteiger partial charge in [-0.1, -0.05) is 26.0 Å². The molecule has 0 saturated carbocycles. The summed E-state index contributed by atoms with van der Waals surface area (Å²) in [5.74, 6) is -3.35. The lowest BCUT2D eigenvalue weighted by Gasteiger charge is -2.33. The maximum atomic E-state index is 14.0. The lowest BCUT2D eigenvalue weighted by molar-refractivity contribution is -0.136. The summed E-state index contributed by atoms with van der Waals surface area (Å²) in [5, 5.41) is 8.76. The summed E-state index contributed by atoms with van der Waals surface area (Å²) < 4.78 is 40.7. The van der Waals surface area contributed by atoms with Crippen LogP contribution in [0.4, 0.5) is 18.9 Å². The first-order valence-electron chi connectivity index (χ1n) is 14.5. The fraction of sp³-hybridized carbons (Fsp3) is 0.500. The third-order valence-electron chi connectivity index (χ3n) is 7.55. The number of nitrogens with one attached hydrogen (secondary N) is 3. The zero-order chi connectivity index (χ0) is 31.1. The van der Waals surface area contributed by atoms with Crippen LogP contribution in [0.15, 0.2) is 36.4 Å². The van der Waals surface area contributed by atoms with Gasteiger partial charge >= 0.3 is 0 Å². The summed E-state index contributed by atoms with van der Waals surface area (Å²) in [6.07, 6.45) is -0.328. The Balaban J connectivity index is 1.27. The van der Waals surface area contributed by atoms with Crippen LogP contribution in [-0.4, -0.2) is 83.5 Å². The molecule has 2 aromatic carbocycles. The van der Waals surface area contributed by atoms with Crippen molar-refractivity contribution in [2.24, 2.45) is 11.7 Å². The average molecular weight is 621 g/mol. The maximum Gasteiger partial charge on any atom is 0.253 e. The minimum Gasteiger partial charge on any atom is -0.373 e. The molecule has 2 aliphatic rings. The van der Waals surface area contributed by atoms with Crippen LogP contribution in [0.5, 0.6) is 0 Å². The van der Waals surface area contributed by atoms with Gasteiger partial charge in [-0.25, -0.2) is 13.2 Å². The maximum absolute atomic E-state index is 14.0. The second-order valence-corrected chi connectivity index (χ2v) is 12.4. The van der Waals surface area contributed by atoms with E-state index in [0.29, 0.717) is 31.5 Å². The fourth-order valence-electron chi connectivity index (χ4n) is 5.13. The van der Waals surface area contributed by atoms with Gasteiger partial charge in [-0.3, -0.25) is 14.4 Å². The highest BCUT2D eigenvalue weighted by atomic mass is 32.2. The normalized spacial score (nSPS) is 18.4. The molecule has 43 heavy (non-hydrogen) atoms. The Hall–Kier alpha value is -3.29. The zero-order valence-corrected chi connectivity index (χ0v) is 25.2. The number of halogens is 3. The molecule has 2 fully saturated rings. The molecule has 0 spiro atoms. The summed E-state index contributed by atoms with van der Waals surface area (Å²) in [5.41, 5.74) is 7.58. The molecule has 0 unspecified atom stereocenters. The summed E-state index contributed by atoms with van der Waals surface area (Å²) in [4.78, 5) is 42.3. The molecule has 3 atom stereocenters.